The Bertz CT molecular complexity index is 333. The second-order valence-corrected chi connectivity index (χ2v) is 4.12. The first-order valence-corrected chi connectivity index (χ1v) is 5.78. The lowest BCUT2D eigenvalue weighted by atomic mass is 10.0. The summed E-state index contributed by atoms with van der Waals surface area (Å²) in [6.45, 7) is 3.24. The van der Waals surface area contributed by atoms with Gasteiger partial charge in [-0.2, -0.15) is 0 Å². The third-order valence-electron chi connectivity index (χ3n) is 2.33. The van der Waals surface area contributed by atoms with Crippen molar-refractivity contribution in [3.63, 3.8) is 0 Å². The highest BCUT2D eigenvalue weighted by molar-refractivity contribution is 6.30. The predicted molar refractivity (Wildman–Crippen MR) is 64.2 cm³/mol. The van der Waals surface area contributed by atoms with Gasteiger partial charge in [0.05, 0.1) is 0 Å². The highest BCUT2D eigenvalue weighted by Crippen LogP contribution is 2.16. The normalized spacial score (nSPS) is 12.8. The maximum atomic E-state index is 13.4. The molecular weight excluding hydrogens is 229 g/mol. The van der Waals surface area contributed by atoms with E-state index in [4.69, 9.17) is 22.1 Å². The molecule has 0 fully saturated rings. The topological polar surface area (TPSA) is 35.2 Å². The lowest BCUT2D eigenvalue weighted by Gasteiger charge is -2.12. The summed E-state index contributed by atoms with van der Waals surface area (Å²) in [7, 11) is 0. The zero-order valence-corrected chi connectivity index (χ0v) is 10.1. The molecule has 0 spiro atoms. The van der Waals surface area contributed by atoms with Crippen LogP contribution in [0, 0.1) is 5.82 Å². The van der Waals surface area contributed by atoms with Gasteiger partial charge in [0.15, 0.2) is 0 Å². The molecule has 0 saturated heterocycles. The summed E-state index contributed by atoms with van der Waals surface area (Å²) in [5, 5.41) is 0.407. The smallest absolute Gasteiger partial charge is 0.127 e. The predicted octanol–water partition coefficient (Wildman–Crippen LogP) is 2.78. The van der Waals surface area contributed by atoms with Crippen LogP contribution in [0.1, 0.15) is 18.9 Å². The fraction of sp³-hybridized carbons (Fsp3) is 0.500. The van der Waals surface area contributed by atoms with Crippen molar-refractivity contribution < 1.29 is 9.13 Å². The first kappa shape index (κ1) is 13.4. The van der Waals surface area contributed by atoms with Gasteiger partial charge in [-0.05, 0) is 37.5 Å². The van der Waals surface area contributed by atoms with E-state index in [1.54, 1.807) is 12.1 Å². The molecule has 0 aliphatic carbocycles. The summed E-state index contributed by atoms with van der Waals surface area (Å²) in [5.41, 5.74) is 6.48. The summed E-state index contributed by atoms with van der Waals surface area (Å²) in [4.78, 5) is 0. The van der Waals surface area contributed by atoms with Gasteiger partial charge in [-0.1, -0.05) is 17.7 Å². The Labute approximate surface area is 101 Å². The molecule has 0 aromatic heterocycles. The van der Waals surface area contributed by atoms with E-state index in [9.17, 15) is 4.39 Å². The molecule has 0 bridgehead atoms. The quantitative estimate of drug-likeness (QED) is 0.783. The largest absolute Gasteiger partial charge is 0.382 e. The van der Waals surface area contributed by atoms with Gasteiger partial charge in [0, 0.05) is 24.3 Å². The van der Waals surface area contributed by atoms with Crippen LogP contribution >= 0.6 is 11.6 Å². The Morgan fingerprint density at radius 2 is 2.25 bits per heavy atom. The molecule has 2 nitrogen and oxygen atoms in total. The van der Waals surface area contributed by atoms with Gasteiger partial charge in [-0.25, -0.2) is 4.39 Å². The number of hydrogen-bond donors (Lipinski definition) is 1. The highest BCUT2D eigenvalue weighted by Gasteiger charge is 2.08. The van der Waals surface area contributed by atoms with Gasteiger partial charge in [-0.3, -0.25) is 0 Å². The van der Waals surface area contributed by atoms with Crippen LogP contribution in [-0.2, 0) is 11.2 Å². The van der Waals surface area contributed by atoms with Crippen LogP contribution in [0.4, 0.5) is 4.39 Å². The van der Waals surface area contributed by atoms with E-state index in [1.165, 1.54) is 6.07 Å². The molecule has 1 aromatic rings. The number of benzene rings is 1. The van der Waals surface area contributed by atoms with Gasteiger partial charge >= 0.3 is 0 Å². The summed E-state index contributed by atoms with van der Waals surface area (Å²) < 4.78 is 18.6. The standard InChI is InChI=1S/C12H17ClFNO/c1-2-16-6-5-11(15)7-9-3-4-10(13)8-12(9)14/h3-4,8,11H,2,5-7,15H2,1H3. The number of hydrogen-bond acceptors (Lipinski definition) is 2. The zero-order chi connectivity index (χ0) is 12.0. The molecule has 0 radical (unpaired) electrons. The average molecular weight is 246 g/mol. The van der Waals surface area contributed by atoms with Gasteiger partial charge in [0.1, 0.15) is 5.82 Å². The molecule has 0 aliphatic rings. The van der Waals surface area contributed by atoms with Crippen molar-refractivity contribution in [2.45, 2.75) is 25.8 Å². The van der Waals surface area contributed by atoms with Gasteiger partial charge < -0.3 is 10.5 Å². The maximum Gasteiger partial charge on any atom is 0.127 e. The van der Waals surface area contributed by atoms with Crippen LogP contribution < -0.4 is 5.73 Å². The molecule has 0 saturated carbocycles. The Hall–Kier alpha value is -0.640. The van der Waals surface area contributed by atoms with Crippen molar-refractivity contribution in [3.05, 3.63) is 34.6 Å². The van der Waals surface area contributed by atoms with E-state index in [0.717, 1.165) is 6.42 Å². The summed E-state index contributed by atoms with van der Waals surface area (Å²) in [6.07, 6.45) is 1.24. The van der Waals surface area contributed by atoms with Crippen LogP contribution in [0.2, 0.25) is 5.02 Å². The van der Waals surface area contributed by atoms with Crippen LogP contribution in [0.3, 0.4) is 0 Å². The average Bonchev–Trinajstić information content (AvgIpc) is 2.23. The molecule has 90 valence electrons. The van der Waals surface area contributed by atoms with Crippen molar-refractivity contribution in [3.8, 4) is 0 Å². The maximum absolute atomic E-state index is 13.4. The second-order valence-electron chi connectivity index (χ2n) is 3.69. The summed E-state index contributed by atoms with van der Waals surface area (Å²) in [6, 6.07) is 4.58. The molecule has 1 rings (SSSR count). The number of halogens is 2. The monoisotopic (exact) mass is 245 g/mol. The Kier molecular flexibility index (Phi) is 5.74. The zero-order valence-electron chi connectivity index (χ0n) is 9.38. The fourth-order valence-electron chi connectivity index (χ4n) is 1.45. The van der Waals surface area contributed by atoms with Crippen molar-refractivity contribution in [2.75, 3.05) is 13.2 Å². The minimum absolute atomic E-state index is 0.0813. The molecule has 0 aliphatic heterocycles. The Morgan fingerprint density at radius 3 is 2.88 bits per heavy atom. The Balaban J connectivity index is 2.46. The second kappa shape index (κ2) is 6.84. The fourth-order valence-corrected chi connectivity index (χ4v) is 1.61. The number of ether oxygens (including phenoxy) is 1. The van der Waals surface area contributed by atoms with Crippen molar-refractivity contribution >= 4 is 11.6 Å². The minimum Gasteiger partial charge on any atom is -0.382 e. The van der Waals surface area contributed by atoms with E-state index in [-0.39, 0.29) is 11.9 Å². The van der Waals surface area contributed by atoms with Crippen LogP contribution in [0.15, 0.2) is 18.2 Å². The van der Waals surface area contributed by atoms with E-state index in [2.05, 4.69) is 0 Å². The highest BCUT2D eigenvalue weighted by atomic mass is 35.5. The molecule has 0 amide bonds. The first-order valence-electron chi connectivity index (χ1n) is 5.40. The SMILES string of the molecule is CCOCCC(N)Cc1ccc(Cl)cc1F. The van der Waals surface area contributed by atoms with Crippen LogP contribution in [0.5, 0.6) is 0 Å². The molecule has 0 heterocycles. The number of rotatable bonds is 6. The first-order chi connectivity index (χ1) is 7.63. The van der Waals surface area contributed by atoms with Gasteiger partial charge in [0.2, 0.25) is 0 Å². The van der Waals surface area contributed by atoms with Gasteiger partial charge in [0.25, 0.3) is 0 Å². The Morgan fingerprint density at radius 1 is 1.50 bits per heavy atom. The van der Waals surface area contributed by atoms with Crippen molar-refractivity contribution in [1.29, 1.82) is 0 Å². The molecule has 2 N–H and O–H groups in total. The van der Waals surface area contributed by atoms with Crippen LogP contribution in [0.25, 0.3) is 0 Å². The van der Waals surface area contributed by atoms with E-state index in [0.29, 0.717) is 30.2 Å². The lowest BCUT2D eigenvalue weighted by Crippen LogP contribution is -2.25. The lowest BCUT2D eigenvalue weighted by molar-refractivity contribution is 0.140. The van der Waals surface area contributed by atoms with E-state index < -0.39 is 0 Å². The summed E-state index contributed by atoms with van der Waals surface area (Å²) >= 11 is 5.66. The van der Waals surface area contributed by atoms with Crippen LogP contribution in [-0.4, -0.2) is 19.3 Å². The van der Waals surface area contributed by atoms with Crippen molar-refractivity contribution in [2.24, 2.45) is 5.73 Å². The van der Waals surface area contributed by atoms with Gasteiger partial charge in [-0.15, -0.1) is 0 Å². The van der Waals surface area contributed by atoms with E-state index >= 15 is 0 Å². The minimum atomic E-state index is -0.292. The molecule has 16 heavy (non-hydrogen) atoms. The molecular formula is C12H17ClFNO. The number of nitrogens with two attached hydrogens (primary N) is 1. The third kappa shape index (κ3) is 4.47. The van der Waals surface area contributed by atoms with Crippen molar-refractivity contribution in [1.82, 2.24) is 0 Å². The summed E-state index contributed by atoms with van der Waals surface area (Å²) in [5.74, 6) is -0.292. The molecule has 1 aromatic carbocycles. The molecule has 4 heteroatoms. The van der Waals surface area contributed by atoms with E-state index in [1.807, 2.05) is 6.92 Å². The molecule has 1 atom stereocenters. The molecule has 1 unspecified atom stereocenters. The third-order valence-corrected chi connectivity index (χ3v) is 2.57.